The average molecular weight is 287 g/mol. The third-order valence-corrected chi connectivity index (χ3v) is 2.76. The molecule has 0 spiro atoms. The Hall–Kier alpha value is -0.800. The third kappa shape index (κ3) is 2.24. The Labute approximate surface area is 101 Å². The molecule has 2 rings (SSSR count). The van der Waals surface area contributed by atoms with Crippen molar-refractivity contribution in [3.05, 3.63) is 40.3 Å². The predicted molar refractivity (Wildman–Crippen MR) is 63.9 cm³/mol. The number of nitrogens with zero attached hydrogens (tertiary/aromatic N) is 1. The van der Waals surface area contributed by atoms with E-state index in [1.165, 1.54) is 0 Å². The number of hydrogen-bond donors (Lipinski definition) is 0. The van der Waals surface area contributed by atoms with Crippen molar-refractivity contribution in [2.45, 2.75) is 12.8 Å². The van der Waals surface area contributed by atoms with Crippen molar-refractivity contribution in [1.29, 1.82) is 0 Å². The van der Waals surface area contributed by atoms with Gasteiger partial charge >= 0.3 is 0 Å². The number of rotatable bonds is 2. The summed E-state index contributed by atoms with van der Waals surface area (Å²) in [4.78, 5) is 4.22. The maximum atomic E-state index is 5.67. The SMILES string of the molecule is Cc1nc(CCl)oc1-c1cccc(Br)c1. The van der Waals surface area contributed by atoms with Gasteiger partial charge in [0, 0.05) is 10.0 Å². The number of benzene rings is 1. The predicted octanol–water partition coefficient (Wildman–Crippen LogP) is 4.15. The summed E-state index contributed by atoms with van der Waals surface area (Å²) in [6, 6.07) is 7.90. The van der Waals surface area contributed by atoms with Crippen LogP contribution < -0.4 is 0 Å². The topological polar surface area (TPSA) is 26.0 Å². The zero-order chi connectivity index (χ0) is 10.8. The Morgan fingerprint density at radius 1 is 1.47 bits per heavy atom. The molecule has 78 valence electrons. The monoisotopic (exact) mass is 285 g/mol. The lowest BCUT2D eigenvalue weighted by molar-refractivity contribution is 0.528. The quantitative estimate of drug-likeness (QED) is 0.775. The van der Waals surface area contributed by atoms with Crippen LogP contribution in [0.1, 0.15) is 11.6 Å². The minimum Gasteiger partial charge on any atom is -0.439 e. The molecule has 0 N–H and O–H groups in total. The van der Waals surface area contributed by atoms with E-state index in [0.29, 0.717) is 11.8 Å². The molecule has 1 aromatic heterocycles. The summed E-state index contributed by atoms with van der Waals surface area (Å²) < 4.78 is 6.56. The van der Waals surface area contributed by atoms with Crippen molar-refractivity contribution in [2.75, 3.05) is 0 Å². The Morgan fingerprint density at radius 3 is 2.87 bits per heavy atom. The molecule has 2 nitrogen and oxygen atoms in total. The van der Waals surface area contributed by atoms with E-state index in [0.717, 1.165) is 21.5 Å². The van der Waals surface area contributed by atoms with Crippen LogP contribution in [0.15, 0.2) is 33.2 Å². The van der Waals surface area contributed by atoms with Crippen molar-refractivity contribution >= 4 is 27.5 Å². The molecule has 0 unspecified atom stereocenters. The first-order valence-electron chi connectivity index (χ1n) is 4.49. The maximum Gasteiger partial charge on any atom is 0.210 e. The van der Waals surface area contributed by atoms with Crippen LogP contribution in [0.2, 0.25) is 0 Å². The molecule has 0 aliphatic rings. The molecule has 0 aliphatic heterocycles. The molecule has 4 heteroatoms. The smallest absolute Gasteiger partial charge is 0.210 e. The van der Waals surface area contributed by atoms with Gasteiger partial charge < -0.3 is 4.42 Å². The summed E-state index contributed by atoms with van der Waals surface area (Å²) in [5.41, 5.74) is 1.87. The molecule has 0 fully saturated rings. The number of alkyl halides is 1. The van der Waals surface area contributed by atoms with E-state index in [1.807, 2.05) is 31.2 Å². The Kier molecular flexibility index (Phi) is 3.12. The zero-order valence-corrected chi connectivity index (χ0v) is 10.5. The minimum absolute atomic E-state index is 0.300. The molecular weight excluding hydrogens is 277 g/mol. The lowest BCUT2D eigenvalue weighted by Gasteiger charge is -1.97. The number of halogens is 2. The molecule has 0 radical (unpaired) electrons. The lowest BCUT2D eigenvalue weighted by Crippen LogP contribution is -1.78. The van der Waals surface area contributed by atoms with E-state index in [1.54, 1.807) is 0 Å². The van der Waals surface area contributed by atoms with E-state index >= 15 is 0 Å². The van der Waals surface area contributed by atoms with Gasteiger partial charge in [-0.3, -0.25) is 0 Å². The van der Waals surface area contributed by atoms with Crippen molar-refractivity contribution < 1.29 is 4.42 Å². The van der Waals surface area contributed by atoms with Gasteiger partial charge in [-0.2, -0.15) is 0 Å². The normalized spacial score (nSPS) is 10.6. The molecule has 0 atom stereocenters. The van der Waals surface area contributed by atoms with Gasteiger partial charge in [-0.1, -0.05) is 28.1 Å². The van der Waals surface area contributed by atoms with E-state index in [4.69, 9.17) is 16.0 Å². The molecule has 0 saturated heterocycles. The Balaban J connectivity index is 2.48. The van der Waals surface area contributed by atoms with Crippen molar-refractivity contribution in [3.63, 3.8) is 0 Å². The Morgan fingerprint density at radius 2 is 2.27 bits per heavy atom. The summed E-state index contributed by atoms with van der Waals surface area (Å²) in [6.07, 6.45) is 0. The first-order valence-corrected chi connectivity index (χ1v) is 5.81. The molecule has 0 saturated carbocycles. The highest BCUT2D eigenvalue weighted by Gasteiger charge is 2.10. The fourth-order valence-electron chi connectivity index (χ4n) is 1.41. The van der Waals surface area contributed by atoms with Crippen molar-refractivity contribution in [1.82, 2.24) is 4.98 Å². The van der Waals surface area contributed by atoms with Gasteiger partial charge in [-0.25, -0.2) is 4.98 Å². The molecule has 15 heavy (non-hydrogen) atoms. The standard InChI is InChI=1S/C11H9BrClNO/c1-7-11(15-10(6-13)14-7)8-3-2-4-9(12)5-8/h2-5H,6H2,1H3. The zero-order valence-electron chi connectivity index (χ0n) is 8.13. The number of aryl methyl sites for hydroxylation is 1. The molecule has 1 aromatic carbocycles. The second-order valence-corrected chi connectivity index (χ2v) is 4.35. The number of aromatic nitrogens is 1. The lowest BCUT2D eigenvalue weighted by atomic mass is 10.1. The second-order valence-electron chi connectivity index (χ2n) is 3.17. The minimum atomic E-state index is 0.300. The second kappa shape index (κ2) is 4.37. The molecule has 2 aromatic rings. The summed E-state index contributed by atoms with van der Waals surface area (Å²) in [5.74, 6) is 1.64. The van der Waals surface area contributed by atoms with Crippen LogP contribution in [0.5, 0.6) is 0 Å². The maximum absolute atomic E-state index is 5.67. The first kappa shape index (κ1) is 10.7. The highest BCUT2D eigenvalue weighted by atomic mass is 79.9. The van der Waals surface area contributed by atoms with Gasteiger partial charge in [0.1, 0.15) is 0 Å². The van der Waals surface area contributed by atoms with E-state index < -0.39 is 0 Å². The molecule has 0 amide bonds. The molecule has 0 bridgehead atoms. The number of oxazole rings is 1. The third-order valence-electron chi connectivity index (χ3n) is 2.04. The van der Waals surface area contributed by atoms with Crippen molar-refractivity contribution in [3.8, 4) is 11.3 Å². The van der Waals surface area contributed by atoms with Gasteiger partial charge in [-0.05, 0) is 19.1 Å². The molecular formula is C11H9BrClNO. The van der Waals surface area contributed by atoms with Gasteiger partial charge in [0.15, 0.2) is 5.76 Å². The largest absolute Gasteiger partial charge is 0.439 e. The van der Waals surface area contributed by atoms with Crippen LogP contribution in [0.3, 0.4) is 0 Å². The highest BCUT2D eigenvalue weighted by Crippen LogP contribution is 2.27. The fraction of sp³-hybridized carbons (Fsp3) is 0.182. The summed E-state index contributed by atoms with van der Waals surface area (Å²) in [5, 5.41) is 0. The van der Waals surface area contributed by atoms with Gasteiger partial charge in [-0.15, -0.1) is 11.6 Å². The van der Waals surface area contributed by atoms with Crippen LogP contribution in [-0.2, 0) is 5.88 Å². The molecule has 0 aliphatic carbocycles. The number of hydrogen-bond acceptors (Lipinski definition) is 2. The van der Waals surface area contributed by atoms with Crippen LogP contribution in [0.25, 0.3) is 11.3 Å². The Bertz CT molecular complexity index is 481. The van der Waals surface area contributed by atoms with Crippen LogP contribution in [-0.4, -0.2) is 4.98 Å². The summed E-state index contributed by atoms with van der Waals surface area (Å²) in [7, 11) is 0. The van der Waals surface area contributed by atoms with Gasteiger partial charge in [0.2, 0.25) is 5.89 Å². The van der Waals surface area contributed by atoms with E-state index in [9.17, 15) is 0 Å². The summed E-state index contributed by atoms with van der Waals surface area (Å²) in [6.45, 7) is 1.91. The highest BCUT2D eigenvalue weighted by molar-refractivity contribution is 9.10. The van der Waals surface area contributed by atoms with Crippen molar-refractivity contribution in [2.24, 2.45) is 0 Å². The summed E-state index contributed by atoms with van der Waals surface area (Å²) >= 11 is 9.09. The fourth-order valence-corrected chi connectivity index (χ4v) is 1.92. The average Bonchev–Trinajstić information content (AvgIpc) is 2.60. The van der Waals surface area contributed by atoms with Crippen LogP contribution in [0.4, 0.5) is 0 Å². The molecule has 1 heterocycles. The van der Waals surface area contributed by atoms with Crippen LogP contribution >= 0.6 is 27.5 Å². The van der Waals surface area contributed by atoms with E-state index in [2.05, 4.69) is 20.9 Å². The van der Waals surface area contributed by atoms with E-state index in [-0.39, 0.29) is 0 Å². The first-order chi connectivity index (χ1) is 7.20. The van der Waals surface area contributed by atoms with Gasteiger partial charge in [0.05, 0.1) is 11.6 Å². The van der Waals surface area contributed by atoms with Crippen LogP contribution in [0, 0.1) is 6.92 Å². The van der Waals surface area contributed by atoms with Gasteiger partial charge in [0.25, 0.3) is 0 Å².